The molecule has 0 aliphatic carbocycles. The number of carbonyl (C=O) groups excluding carboxylic acids is 1. The lowest BCUT2D eigenvalue weighted by molar-refractivity contribution is -0.130. The molecule has 0 atom stereocenters. The van der Waals surface area contributed by atoms with Crippen molar-refractivity contribution in [3.8, 4) is 11.5 Å². The van der Waals surface area contributed by atoms with Crippen LogP contribution in [0.15, 0.2) is 54.1 Å². The molecule has 2 aliphatic rings. The normalized spacial score (nSPS) is 17.1. The topological polar surface area (TPSA) is 44.8 Å². The maximum atomic E-state index is 12.1. The second kappa shape index (κ2) is 5.89. The third-order valence-corrected chi connectivity index (χ3v) is 4.09. The van der Waals surface area contributed by atoms with Crippen molar-refractivity contribution >= 4 is 17.8 Å². The SMILES string of the molecule is CCc1ccc(C2=C/C(=C\c3ccc4c(c3)OCO4)C(=O)O2)cc1. The molecule has 0 amide bonds. The lowest BCUT2D eigenvalue weighted by atomic mass is 10.1. The Bertz CT molecular complexity index is 860. The van der Waals surface area contributed by atoms with Crippen molar-refractivity contribution in [1.82, 2.24) is 0 Å². The molecule has 4 nitrogen and oxygen atoms in total. The highest BCUT2D eigenvalue weighted by Crippen LogP contribution is 2.34. The molecule has 24 heavy (non-hydrogen) atoms. The number of hydrogen-bond donors (Lipinski definition) is 0. The highest BCUT2D eigenvalue weighted by atomic mass is 16.7. The van der Waals surface area contributed by atoms with Crippen LogP contribution < -0.4 is 9.47 Å². The zero-order chi connectivity index (χ0) is 16.5. The summed E-state index contributed by atoms with van der Waals surface area (Å²) in [6, 6.07) is 13.6. The number of aryl methyl sites for hydroxylation is 1. The molecule has 4 heteroatoms. The van der Waals surface area contributed by atoms with E-state index in [2.05, 4.69) is 6.92 Å². The Morgan fingerprint density at radius 1 is 1.04 bits per heavy atom. The average molecular weight is 320 g/mol. The molecule has 0 spiro atoms. The summed E-state index contributed by atoms with van der Waals surface area (Å²) in [6.07, 6.45) is 4.54. The van der Waals surface area contributed by atoms with Crippen molar-refractivity contribution in [2.24, 2.45) is 0 Å². The molecule has 0 unspecified atom stereocenters. The van der Waals surface area contributed by atoms with Crippen LogP contribution in [0.4, 0.5) is 0 Å². The summed E-state index contributed by atoms with van der Waals surface area (Å²) in [5.41, 5.74) is 3.53. The minimum atomic E-state index is -0.345. The van der Waals surface area contributed by atoms with Crippen LogP contribution in [0.25, 0.3) is 11.8 Å². The Balaban J connectivity index is 1.63. The van der Waals surface area contributed by atoms with Crippen LogP contribution in [-0.4, -0.2) is 12.8 Å². The van der Waals surface area contributed by atoms with Crippen molar-refractivity contribution in [1.29, 1.82) is 0 Å². The second-order valence-electron chi connectivity index (χ2n) is 5.66. The standard InChI is InChI=1S/C20H16O4/c1-2-13-3-6-15(7-4-13)18-11-16(20(21)24-18)9-14-5-8-17-19(10-14)23-12-22-17/h3-11H,2,12H2,1H3/b16-9+. The van der Waals surface area contributed by atoms with Crippen molar-refractivity contribution in [2.75, 3.05) is 6.79 Å². The average Bonchev–Trinajstić information content (AvgIpc) is 3.21. The fraction of sp³-hybridized carbons (Fsp3) is 0.150. The number of ether oxygens (including phenoxy) is 3. The molecule has 4 rings (SSSR count). The van der Waals surface area contributed by atoms with Gasteiger partial charge in [0.05, 0.1) is 5.57 Å². The molecule has 2 aromatic carbocycles. The van der Waals surface area contributed by atoms with Crippen LogP contribution in [0, 0.1) is 0 Å². The van der Waals surface area contributed by atoms with Gasteiger partial charge in [-0.1, -0.05) is 37.3 Å². The number of benzene rings is 2. The first-order chi connectivity index (χ1) is 11.7. The van der Waals surface area contributed by atoms with E-state index in [1.807, 2.05) is 42.5 Å². The summed E-state index contributed by atoms with van der Waals surface area (Å²) >= 11 is 0. The van der Waals surface area contributed by atoms with E-state index < -0.39 is 0 Å². The summed E-state index contributed by atoms with van der Waals surface area (Å²) in [6.45, 7) is 2.34. The van der Waals surface area contributed by atoms with Crippen LogP contribution in [-0.2, 0) is 16.0 Å². The van der Waals surface area contributed by atoms with Crippen LogP contribution in [0.1, 0.15) is 23.6 Å². The summed E-state index contributed by atoms with van der Waals surface area (Å²) in [5.74, 6) is 1.64. The molecule has 0 aromatic heterocycles. The number of fused-ring (bicyclic) bond motifs is 1. The predicted molar refractivity (Wildman–Crippen MR) is 90.4 cm³/mol. The Morgan fingerprint density at radius 3 is 2.62 bits per heavy atom. The van der Waals surface area contributed by atoms with Crippen molar-refractivity contribution in [3.63, 3.8) is 0 Å². The maximum absolute atomic E-state index is 12.1. The van der Waals surface area contributed by atoms with E-state index >= 15 is 0 Å². The zero-order valence-corrected chi connectivity index (χ0v) is 13.2. The summed E-state index contributed by atoms with van der Waals surface area (Å²) in [5, 5.41) is 0. The number of esters is 1. The third-order valence-electron chi connectivity index (χ3n) is 4.09. The van der Waals surface area contributed by atoms with Crippen molar-refractivity contribution < 1.29 is 19.0 Å². The van der Waals surface area contributed by atoms with E-state index in [0.29, 0.717) is 17.1 Å². The van der Waals surface area contributed by atoms with Gasteiger partial charge in [-0.3, -0.25) is 0 Å². The molecule has 2 aliphatic heterocycles. The minimum absolute atomic E-state index is 0.231. The second-order valence-corrected chi connectivity index (χ2v) is 5.66. The maximum Gasteiger partial charge on any atom is 0.343 e. The van der Waals surface area contributed by atoms with E-state index in [1.54, 1.807) is 12.2 Å². The Kier molecular flexibility index (Phi) is 3.58. The van der Waals surface area contributed by atoms with Gasteiger partial charge in [-0.2, -0.15) is 0 Å². The van der Waals surface area contributed by atoms with Crippen LogP contribution >= 0.6 is 0 Å². The molecule has 0 saturated heterocycles. The molecule has 0 fully saturated rings. The molecular weight excluding hydrogens is 304 g/mol. The largest absolute Gasteiger partial charge is 0.454 e. The van der Waals surface area contributed by atoms with E-state index in [4.69, 9.17) is 14.2 Å². The van der Waals surface area contributed by atoms with Gasteiger partial charge in [-0.05, 0) is 41.8 Å². The van der Waals surface area contributed by atoms with Gasteiger partial charge in [-0.15, -0.1) is 0 Å². The van der Waals surface area contributed by atoms with E-state index in [9.17, 15) is 4.79 Å². The number of hydrogen-bond acceptors (Lipinski definition) is 4. The van der Waals surface area contributed by atoms with Gasteiger partial charge in [0, 0.05) is 5.56 Å². The zero-order valence-electron chi connectivity index (χ0n) is 13.2. The molecule has 120 valence electrons. The fourth-order valence-electron chi connectivity index (χ4n) is 2.72. The third kappa shape index (κ3) is 2.67. The molecule has 0 N–H and O–H groups in total. The van der Waals surface area contributed by atoms with Crippen LogP contribution in [0.3, 0.4) is 0 Å². The van der Waals surface area contributed by atoms with E-state index in [-0.39, 0.29) is 12.8 Å². The highest BCUT2D eigenvalue weighted by Gasteiger charge is 2.22. The molecule has 0 radical (unpaired) electrons. The minimum Gasteiger partial charge on any atom is -0.454 e. The fourth-order valence-corrected chi connectivity index (χ4v) is 2.72. The first-order valence-electron chi connectivity index (χ1n) is 7.87. The quantitative estimate of drug-likeness (QED) is 0.634. The first-order valence-corrected chi connectivity index (χ1v) is 7.87. The van der Waals surface area contributed by atoms with E-state index in [0.717, 1.165) is 23.3 Å². The number of rotatable bonds is 3. The van der Waals surface area contributed by atoms with Crippen LogP contribution in [0.5, 0.6) is 11.5 Å². The number of carbonyl (C=O) groups is 1. The summed E-state index contributed by atoms with van der Waals surface area (Å²) in [7, 11) is 0. The van der Waals surface area contributed by atoms with Crippen LogP contribution in [0.2, 0.25) is 0 Å². The van der Waals surface area contributed by atoms with Gasteiger partial charge in [0.15, 0.2) is 11.5 Å². The Hall–Kier alpha value is -3.01. The van der Waals surface area contributed by atoms with Gasteiger partial charge >= 0.3 is 5.97 Å². The highest BCUT2D eigenvalue weighted by molar-refractivity contribution is 6.05. The van der Waals surface area contributed by atoms with E-state index in [1.165, 1.54) is 5.56 Å². The van der Waals surface area contributed by atoms with Crippen molar-refractivity contribution in [2.45, 2.75) is 13.3 Å². The van der Waals surface area contributed by atoms with Gasteiger partial charge < -0.3 is 14.2 Å². The monoisotopic (exact) mass is 320 g/mol. The molecule has 0 bridgehead atoms. The van der Waals surface area contributed by atoms with Gasteiger partial charge in [0.2, 0.25) is 6.79 Å². The summed E-state index contributed by atoms with van der Waals surface area (Å²) in [4.78, 5) is 12.1. The molecular formula is C20H16O4. The molecule has 2 heterocycles. The molecule has 0 saturated carbocycles. The predicted octanol–water partition coefficient (Wildman–Crippen LogP) is 3.96. The molecule has 2 aromatic rings. The smallest absolute Gasteiger partial charge is 0.343 e. The number of cyclic esters (lactones) is 1. The van der Waals surface area contributed by atoms with Gasteiger partial charge in [0.1, 0.15) is 5.76 Å². The van der Waals surface area contributed by atoms with Gasteiger partial charge in [-0.25, -0.2) is 4.79 Å². The van der Waals surface area contributed by atoms with Crippen molar-refractivity contribution in [3.05, 3.63) is 70.8 Å². The lowest BCUT2D eigenvalue weighted by Gasteiger charge is -2.02. The Morgan fingerprint density at radius 2 is 1.83 bits per heavy atom. The Labute approximate surface area is 140 Å². The summed E-state index contributed by atoms with van der Waals surface area (Å²) < 4.78 is 16.0. The first kappa shape index (κ1) is 14.6. The van der Waals surface area contributed by atoms with Gasteiger partial charge in [0.25, 0.3) is 0 Å². The lowest BCUT2D eigenvalue weighted by Crippen LogP contribution is -1.97.